The Morgan fingerprint density at radius 1 is 1.39 bits per heavy atom. The molecule has 1 unspecified atom stereocenters. The first-order chi connectivity index (χ1) is 10.9. The van der Waals surface area contributed by atoms with E-state index in [1.165, 1.54) is 16.1 Å². The number of carbonyl (C=O) groups is 1. The molecule has 0 N–H and O–H groups in total. The van der Waals surface area contributed by atoms with E-state index in [1.54, 1.807) is 11.9 Å². The van der Waals surface area contributed by atoms with Crippen LogP contribution in [0.1, 0.15) is 24.0 Å². The Kier molecular flexibility index (Phi) is 4.71. The molecule has 2 fully saturated rings. The summed E-state index contributed by atoms with van der Waals surface area (Å²) in [5.41, 5.74) is 1.80. The van der Waals surface area contributed by atoms with Gasteiger partial charge in [0.05, 0.1) is 11.6 Å². The molecule has 0 spiro atoms. The van der Waals surface area contributed by atoms with Crippen molar-refractivity contribution in [3.05, 3.63) is 35.4 Å². The average molecular weight is 354 g/mol. The quantitative estimate of drug-likeness (QED) is 0.809. The van der Waals surface area contributed by atoms with Gasteiger partial charge in [0.1, 0.15) is 6.04 Å². The number of aryl methyl sites for hydroxylation is 1. The van der Waals surface area contributed by atoms with Crippen molar-refractivity contribution in [3.63, 3.8) is 0 Å². The molecule has 126 valence electrons. The molecular formula is C16H22N2O3S2. The van der Waals surface area contributed by atoms with E-state index in [0.717, 1.165) is 24.0 Å². The van der Waals surface area contributed by atoms with Gasteiger partial charge in [-0.05, 0) is 25.3 Å². The number of hydrogen-bond donors (Lipinski definition) is 0. The fourth-order valence-corrected chi connectivity index (χ4v) is 6.16. The first-order valence-corrected chi connectivity index (χ1v) is 10.5. The molecule has 0 bridgehead atoms. The summed E-state index contributed by atoms with van der Waals surface area (Å²) in [6, 6.07) is 7.26. The van der Waals surface area contributed by atoms with E-state index in [1.807, 2.05) is 31.2 Å². The summed E-state index contributed by atoms with van der Waals surface area (Å²) in [6.45, 7) is 1.94. The molecule has 2 aliphatic rings. The lowest BCUT2D eigenvalue weighted by molar-refractivity contribution is -0.133. The number of sulfonamides is 1. The number of thioether (sulfide) groups is 1. The molecule has 23 heavy (non-hydrogen) atoms. The highest BCUT2D eigenvalue weighted by atomic mass is 32.2. The van der Waals surface area contributed by atoms with Crippen molar-refractivity contribution in [1.82, 2.24) is 9.21 Å². The van der Waals surface area contributed by atoms with E-state index in [4.69, 9.17) is 0 Å². The Bertz CT molecular complexity index is 701. The Morgan fingerprint density at radius 3 is 2.78 bits per heavy atom. The van der Waals surface area contributed by atoms with Gasteiger partial charge >= 0.3 is 0 Å². The van der Waals surface area contributed by atoms with Crippen LogP contribution in [-0.2, 0) is 20.6 Å². The third-order valence-electron chi connectivity index (χ3n) is 4.36. The fourth-order valence-electron chi connectivity index (χ4n) is 2.87. The van der Waals surface area contributed by atoms with Crippen LogP contribution in [0.15, 0.2) is 24.3 Å². The van der Waals surface area contributed by atoms with E-state index in [-0.39, 0.29) is 11.7 Å². The molecule has 1 saturated heterocycles. The van der Waals surface area contributed by atoms with E-state index < -0.39 is 16.1 Å². The molecule has 3 rings (SSSR count). The average Bonchev–Trinajstić information content (AvgIpc) is 3.21. The molecule has 1 aromatic rings. The maximum Gasteiger partial charge on any atom is 0.241 e. The minimum absolute atomic E-state index is 0.0494. The highest BCUT2D eigenvalue weighted by molar-refractivity contribution is 8.00. The molecule has 1 saturated carbocycles. The highest BCUT2D eigenvalue weighted by Crippen LogP contribution is 2.31. The highest BCUT2D eigenvalue weighted by Gasteiger charge is 2.42. The van der Waals surface area contributed by atoms with Gasteiger partial charge in [-0.3, -0.25) is 4.79 Å². The third kappa shape index (κ3) is 3.72. The van der Waals surface area contributed by atoms with Gasteiger partial charge in [0, 0.05) is 18.8 Å². The standard InChI is InChI=1S/C16H22N2O3S2/c1-12-4-3-5-13(8-12)10-23(20,21)18-11-22-9-15(18)16(19)17(2)14-6-7-14/h3-5,8,14-15H,6-7,9-11H2,1-2H3. The van der Waals surface area contributed by atoms with E-state index >= 15 is 0 Å². The predicted octanol–water partition coefficient (Wildman–Crippen LogP) is 1.82. The van der Waals surface area contributed by atoms with Crippen LogP contribution < -0.4 is 0 Å². The topological polar surface area (TPSA) is 57.7 Å². The van der Waals surface area contributed by atoms with Crippen molar-refractivity contribution in [1.29, 1.82) is 0 Å². The number of benzene rings is 1. The monoisotopic (exact) mass is 354 g/mol. The Balaban J connectivity index is 1.76. The summed E-state index contributed by atoms with van der Waals surface area (Å²) in [5.74, 6) is 0.795. The van der Waals surface area contributed by atoms with Crippen molar-refractivity contribution in [2.24, 2.45) is 0 Å². The van der Waals surface area contributed by atoms with E-state index in [9.17, 15) is 13.2 Å². The summed E-state index contributed by atoms with van der Waals surface area (Å²) >= 11 is 1.51. The van der Waals surface area contributed by atoms with Crippen LogP contribution in [0.25, 0.3) is 0 Å². The van der Waals surface area contributed by atoms with E-state index in [2.05, 4.69) is 0 Å². The van der Waals surface area contributed by atoms with E-state index in [0.29, 0.717) is 17.7 Å². The maximum atomic E-state index is 12.8. The molecule has 1 heterocycles. The summed E-state index contributed by atoms with van der Waals surface area (Å²) in [4.78, 5) is 14.3. The largest absolute Gasteiger partial charge is 0.341 e. The van der Waals surface area contributed by atoms with Crippen molar-refractivity contribution < 1.29 is 13.2 Å². The Hall–Kier alpha value is -1.05. The molecule has 1 atom stereocenters. The van der Waals surface area contributed by atoms with Crippen LogP contribution in [0.3, 0.4) is 0 Å². The summed E-state index contributed by atoms with van der Waals surface area (Å²) < 4.78 is 26.9. The maximum absolute atomic E-state index is 12.8. The van der Waals surface area contributed by atoms with Crippen LogP contribution in [0.2, 0.25) is 0 Å². The molecule has 0 aromatic heterocycles. The lowest BCUT2D eigenvalue weighted by Gasteiger charge is -2.26. The summed E-state index contributed by atoms with van der Waals surface area (Å²) in [5, 5.41) is 0. The molecule has 7 heteroatoms. The predicted molar refractivity (Wildman–Crippen MR) is 92.5 cm³/mol. The minimum atomic E-state index is -3.50. The zero-order valence-electron chi connectivity index (χ0n) is 13.4. The van der Waals surface area contributed by atoms with Gasteiger partial charge < -0.3 is 4.90 Å². The molecule has 1 aliphatic carbocycles. The van der Waals surface area contributed by atoms with Crippen molar-refractivity contribution in [2.45, 2.75) is 37.6 Å². The number of carbonyl (C=O) groups excluding carboxylic acids is 1. The van der Waals surface area contributed by atoms with Crippen molar-refractivity contribution >= 4 is 27.7 Å². The van der Waals surface area contributed by atoms with Crippen LogP contribution >= 0.6 is 11.8 Å². The number of rotatable bonds is 5. The number of hydrogen-bond acceptors (Lipinski definition) is 4. The van der Waals surface area contributed by atoms with Crippen LogP contribution in [0.4, 0.5) is 0 Å². The third-order valence-corrected chi connectivity index (χ3v) is 7.33. The number of nitrogens with zero attached hydrogens (tertiary/aromatic N) is 2. The van der Waals surface area contributed by atoms with Crippen LogP contribution in [0.5, 0.6) is 0 Å². The van der Waals surface area contributed by atoms with Gasteiger partial charge in [0.15, 0.2) is 0 Å². The SMILES string of the molecule is Cc1cccc(CS(=O)(=O)N2CSCC2C(=O)N(C)C2CC2)c1. The summed E-state index contributed by atoms with van der Waals surface area (Å²) in [6.07, 6.45) is 2.05. The lowest BCUT2D eigenvalue weighted by Crippen LogP contribution is -2.48. The number of amides is 1. The zero-order chi connectivity index (χ0) is 16.6. The smallest absolute Gasteiger partial charge is 0.241 e. The molecular weight excluding hydrogens is 332 g/mol. The van der Waals surface area contributed by atoms with Gasteiger partial charge in [-0.1, -0.05) is 29.8 Å². The zero-order valence-corrected chi connectivity index (χ0v) is 15.1. The van der Waals surface area contributed by atoms with Crippen molar-refractivity contribution in [3.8, 4) is 0 Å². The van der Waals surface area contributed by atoms with Gasteiger partial charge in [0.25, 0.3) is 0 Å². The van der Waals surface area contributed by atoms with Gasteiger partial charge in [-0.25, -0.2) is 8.42 Å². The first kappa shape index (κ1) is 16.8. The summed E-state index contributed by atoms with van der Waals surface area (Å²) in [7, 11) is -1.71. The normalized spacial score (nSPS) is 22.3. The number of likely N-dealkylation sites (N-methyl/N-ethyl adjacent to an activating group) is 1. The van der Waals surface area contributed by atoms with Crippen molar-refractivity contribution in [2.75, 3.05) is 18.7 Å². The lowest BCUT2D eigenvalue weighted by atomic mass is 10.2. The van der Waals surface area contributed by atoms with Gasteiger partial charge in [-0.2, -0.15) is 4.31 Å². The van der Waals surface area contributed by atoms with Gasteiger partial charge in [-0.15, -0.1) is 11.8 Å². The van der Waals surface area contributed by atoms with Crippen LogP contribution in [-0.4, -0.2) is 54.3 Å². The minimum Gasteiger partial charge on any atom is -0.341 e. The molecule has 5 nitrogen and oxygen atoms in total. The van der Waals surface area contributed by atoms with Crippen LogP contribution in [0, 0.1) is 6.92 Å². The Morgan fingerprint density at radius 2 is 2.13 bits per heavy atom. The molecule has 1 amide bonds. The van der Waals surface area contributed by atoms with Gasteiger partial charge in [0.2, 0.25) is 15.9 Å². The molecule has 1 aliphatic heterocycles. The first-order valence-electron chi connectivity index (χ1n) is 7.78. The molecule has 0 radical (unpaired) electrons. The second-order valence-electron chi connectivity index (χ2n) is 6.33. The second kappa shape index (κ2) is 6.45. The molecule has 1 aromatic carbocycles. The fraction of sp³-hybridized carbons (Fsp3) is 0.562. The Labute approximate surface area is 142 Å². The second-order valence-corrected chi connectivity index (χ2v) is 9.25.